The van der Waals surface area contributed by atoms with E-state index >= 15 is 0 Å². The van der Waals surface area contributed by atoms with Crippen LogP contribution in [-0.4, -0.2) is 12.2 Å². The number of rotatable bonds is 2. The molecule has 0 spiro atoms. The summed E-state index contributed by atoms with van der Waals surface area (Å²) >= 11 is 5.07. The van der Waals surface area contributed by atoms with Crippen LogP contribution in [0.5, 0.6) is 11.5 Å². The zero-order valence-corrected chi connectivity index (χ0v) is 12.7. The van der Waals surface area contributed by atoms with Crippen molar-refractivity contribution >= 4 is 27.3 Å². The molecule has 19 heavy (non-hydrogen) atoms. The summed E-state index contributed by atoms with van der Waals surface area (Å²) in [5.41, 5.74) is 0.827. The van der Waals surface area contributed by atoms with Crippen molar-refractivity contribution in [2.24, 2.45) is 0 Å². The van der Waals surface area contributed by atoms with Crippen LogP contribution in [0, 0.1) is 0 Å². The minimum atomic E-state index is -0.500. The number of hydrogen-bond donors (Lipinski definition) is 1. The van der Waals surface area contributed by atoms with E-state index in [4.69, 9.17) is 9.47 Å². The van der Waals surface area contributed by atoms with E-state index < -0.39 is 6.10 Å². The third kappa shape index (κ3) is 2.50. The molecule has 0 saturated heterocycles. The molecule has 5 heteroatoms. The van der Waals surface area contributed by atoms with Crippen LogP contribution in [-0.2, 0) is 0 Å². The van der Waals surface area contributed by atoms with Gasteiger partial charge in [-0.1, -0.05) is 0 Å². The molecule has 2 heterocycles. The van der Waals surface area contributed by atoms with Gasteiger partial charge in [0.05, 0.1) is 13.2 Å². The highest BCUT2D eigenvalue weighted by Crippen LogP contribution is 2.43. The number of aliphatic hydroxyl groups is 1. The number of ether oxygens (including phenoxy) is 2. The summed E-state index contributed by atoms with van der Waals surface area (Å²) in [6.45, 7) is 0. The molecular weight excluding hydrogens is 328 g/mol. The summed E-state index contributed by atoms with van der Waals surface area (Å²) in [6, 6.07) is 7.56. The molecule has 0 saturated carbocycles. The van der Waals surface area contributed by atoms with Crippen LogP contribution in [0.4, 0.5) is 0 Å². The second kappa shape index (κ2) is 5.15. The average Bonchev–Trinajstić information content (AvgIpc) is 2.84. The van der Waals surface area contributed by atoms with Crippen molar-refractivity contribution in [2.45, 2.75) is 18.6 Å². The second-order valence-electron chi connectivity index (χ2n) is 4.43. The SMILES string of the molecule is COc1ccc2c(c1)OC(c1cc(Br)cs1)CC2O. The van der Waals surface area contributed by atoms with Crippen molar-refractivity contribution in [1.82, 2.24) is 0 Å². The molecule has 100 valence electrons. The highest BCUT2D eigenvalue weighted by molar-refractivity contribution is 9.10. The summed E-state index contributed by atoms with van der Waals surface area (Å²) in [5, 5.41) is 12.3. The van der Waals surface area contributed by atoms with Crippen LogP contribution in [0.3, 0.4) is 0 Å². The standard InChI is InChI=1S/C14H13BrO3S/c1-17-9-2-3-10-11(16)6-13(18-12(10)5-9)14-4-8(15)7-19-14/h2-5,7,11,13,16H,6H2,1H3. The van der Waals surface area contributed by atoms with E-state index in [1.165, 1.54) is 0 Å². The normalized spacial score (nSPS) is 21.6. The van der Waals surface area contributed by atoms with E-state index in [1.807, 2.05) is 29.6 Å². The monoisotopic (exact) mass is 340 g/mol. The van der Waals surface area contributed by atoms with Crippen molar-refractivity contribution in [3.8, 4) is 11.5 Å². The predicted octanol–water partition coefficient (Wildman–Crippen LogP) is 4.08. The second-order valence-corrected chi connectivity index (χ2v) is 6.29. The van der Waals surface area contributed by atoms with Crippen LogP contribution in [0.2, 0.25) is 0 Å². The number of methoxy groups -OCH3 is 1. The van der Waals surface area contributed by atoms with E-state index in [0.29, 0.717) is 12.2 Å². The third-order valence-electron chi connectivity index (χ3n) is 3.19. The lowest BCUT2D eigenvalue weighted by atomic mass is 9.98. The first-order valence-electron chi connectivity index (χ1n) is 5.94. The molecule has 1 aromatic carbocycles. The Labute approximate surface area is 123 Å². The van der Waals surface area contributed by atoms with E-state index in [1.54, 1.807) is 18.4 Å². The first-order chi connectivity index (χ1) is 9.17. The summed E-state index contributed by atoms with van der Waals surface area (Å²) in [4.78, 5) is 1.11. The smallest absolute Gasteiger partial charge is 0.136 e. The molecule has 2 atom stereocenters. The summed E-state index contributed by atoms with van der Waals surface area (Å²) < 4.78 is 12.2. The zero-order chi connectivity index (χ0) is 13.4. The lowest BCUT2D eigenvalue weighted by Crippen LogP contribution is -2.18. The minimum absolute atomic E-state index is 0.106. The molecule has 0 aliphatic carbocycles. The first-order valence-corrected chi connectivity index (χ1v) is 7.61. The van der Waals surface area contributed by atoms with Gasteiger partial charge in [-0.05, 0) is 34.1 Å². The Kier molecular flexibility index (Phi) is 3.52. The van der Waals surface area contributed by atoms with Gasteiger partial charge in [-0.25, -0.2) is 0 Å². The van der Waals surface area contributed by atoms with Gasteiger partial charge in [-0.2, -0.15) is 0 Å². The van der Waals surface area contributed by atoms with Gasteiger partial charge < -0.3 is 14.6 Å². The maximum atomic E-state index is 10.2. The van der Waals surface area contributed by atoms with E-state index in [0.717, 1.165) is 20.7 Å². The van der Waals surface area contributed by atoms with Gasteiger partial charge in [0.2, 0.25) is 0 Å². The highest BCUT2D eigenvalue weighted by atomic mass is 79.9. The molecule has 3 nitrogen and oxygen atoms in total. The molecule has 0 radical (unpaired) electrons. The van der Waals surface area contributed by atoms with Gasteiger partial charge >= 0.3 is 0 Å². The Balaban J connectivity index is 1.93. The Hall–Kier alpha value is -1.04. The van der Waals surface area contributed by atoms with E-state index in [9.17, 15) is 5.11 Å². The van der Waals surface area contributed by atoms with E-state index in [2.05, 4.69) is 15.9 Å². The van der Waals surface area contributed by atoms with Gasteiger partial charge in [-0.3, -0.25) is 0 Å². The minimum Gasteiger partial charge on any atom is -0.497 e. The van der Waals surface area contributed by atoms with Crippen LogP contribution in [0.1, 0.15) is 29.1 Å². The first kappa shape index (κ1) is 13.0. The maximum Gasteiger partial charge on any atom is 0.136 e. The third-order valence-corrected chi connectivity index (χ3v) is 4.98. The van der Waals surface area contributed by atoms with Crippen molar-refractivity contribution < 1.29 is 14.6 Å². The number of benzene rings is 1. The molecule has 1 aliphatic heterocycles. The molecular formula is C14H13BrO3S. The van der Waals surface area contributed by atoms with Gasteiger partial charge in [0.15, 0.2) is 0 Å². The van der Waals surface area contributed by atoms with Crippen LogP contribution >= 0.6 is 27.3 Å². The molecule has 2 unspecified atom stereocenters. The molecule has 1 aliphatic rings. The van der Waals surface area contributed by atoms with Crippen LogP contribution in [0.15, 0.2) is 34.1 Å². The van der Waals surface area contributed by atoms with Gasteiger partial charge in [0.25, 0.3) is 0 Å². The van der Waals surface area contributed by atoms with Gasteiger partial charge in [0.1, 0.15) is 17.6 Å². The van der Waals surface area contributed by atoms with Crippen LogP contribution < -0.4 is 9.47 Å². The van der Waals surface area contributed by atoms with Crippen molar-refractivity contribution in [3.05, 3.63) is 44.6 Å². The molecule has 0 fully saturated rings. The number of fused-ring (bicyclic) bond motifs is 1. The fraction of sp³-hybridized carbons (Fsp3) is 0.286. The number of hydrogen-bond acceptors (Lipinski definition) is 4. The molecule has 0 bridgehead atoms. The summed E-state index contributed by atoms with van der Waals surface area (Å²) in [7, 11) is 1.62. The number of aliphatic hydroxyl groups excluding tert-OH is 1. The van der Waals surface area contributed by atoms with Crippen molar-refractivity contribution in [3.63, 3.8) is 0 Å². The lowest BCUT2D eigenvalue weighted by molar-refractivity contribution is 0.0671. The Morgan fingerprint density at radius 2 is 2.26 bits per heavy atom. The van der Waals surface area contributed by atoms with E-state index in [-0.39, 0.29) is 6.10 Å². The zero-order valence-electron chi connectivity index (χ0n) is 10.3. The number of halogens is 1. The fourth-order valence-electron chi connectivity index (χ4n) is 2.22. The van der Waals surface area contributed by atoms with Crippen molar-refractivity contribution in [2.75, 3.05) is 7.11 Å². The largest absolute Gasteiger partial charge is 0.497 e. The Bertz CT molecular complexity index is 596. The summed E-state index contributed by atoms with van der Waals surface area (Å²) in [5.74, 6) is 1.44. The topological polar surface area (TPSA) is 38.7 Å². The molecule has 0 amide bonds. The fourth-order valence-corrected chi connectivity index (χ4v) is 3.71. The molecule has 1 N–H and O–H groups in total. The number of thiophene rings is 1. The highest BCUT2D eigenvalue weighted by Gasteiger charge is 2.29. The Morgan fingerprint density at radius 3 is 2.95 bits per heavy atom. The lowest BCUT2D eigenvalue weighted by Gasteiger charge is -2.29. The maximum absolute atomic E-state index is 10.2. The van der Waals surface area contributed by atoms with Gasteiger partial charge in [0, 0.05) is 32.8 Å². The average molecular weight is 341 g/mol. The molecule has 1 aromatic heterocycles. The van der Waals surface area contributed by atoms with Crippen molar-refractivity contribution in [1.29, 1.82) is 0 Å². The predicted molar refractivity (Wildman–Crippen MR) is 78.0 cm³/mol. The van der Waals surface area contributed by atoms with Crippen LogP contribution in [0.25, 0.3) is 0 Å². The summed E-state index contributed by atoms with van der Waals surface area (Å²) in [6.07, 6.45) is -0.0295. The molecule has 2 aromatic rings. The quantitative estimate of drug-likeness (QED) is 0.895. The van der Waals surface area contributed by atoms with Gasteiger partial charge in [-0.15, -0.1) is 11.3 Å². The Morgan fingerprint density at radius 1 is 1.42 bits per heavy atom. The molecule has 3 rings (SSSR count).